The number of rotatable bonds is 1. The first kappa shape index (κ1) is 14.8. The number of likely N-dealkylation sites (tertiary alicyclic amines) is 1. The summed E-state index contributed by atoms with van der Waals surface area (Å²) in [6.07, 6.45) is 2.06. The van der Waals surface area contributed by atoms with Crippen LogP contribution in [0.3, 0.4) is 0 Å². The minimum atomic E-state index is 0.238. The molecule has 0 N–H and O–H groups in total. The average molecular weight is 267 g/mol. The molecular formula is C15H29N3O. The van der Waals surface area contributed by atoms with E-state index in [4.69, 9.17) is 0 Å². The first-order chi connectivity index (χ1) is 8.88. The highest BCUT2D eigenvalue weighted by Crippen LogP contribution is 2.25. The van der Waals surface area contributed by atoms with Crippen LogP contribution in [-0.4, -0.2) is 72.5 Å². The molecule has 0 bridgehead atoms. The Labute approximate surface area is 117 Å². The molecule has 2 saturated heterocycles. The van der Waals surface area contributed by atoms with Crippen LogP contribution in [0.15, 0.2) is 0 Å². The average Bonchev–Trinajstić information content (AvgIpc) is 2.38. The molecule has 19 heavy (non-hydrogen) atoms. The number of piperidine rings is 1. The van der Waals surface area contributed by atoms with Gasteiger partial charge in [-0.05, 0) is 53.8 Å². The molecule has 4 nitrogen and oxygen atoms in total. The van der Waals surface area contributed by atoms with Gasteiger partial charge in [-0.1, -0.05) is 0 Å². The molecule has 2 aliphatic heterocycles. The minimum Gasteiger partial charge on any atom is -0.340 e. The van der Waals surface area contributed by atoms with Gasteiger partial charge in [-0.25, -0.2) is 0 Å². The first-order valence-corrected chi connectivity index (χ1v) is 7.60. The standard InChI is InChI=1S/C15H29N3O/c1-15(2,3)18-7-5-13(6-8-18)14(19)17-11-9-16(4)10-12-17/h13H,5-12H2,1-4H3. The van der Waals surface area contributed by atoms with Crippen LogP contribution < -0.4 is 0 Å². The van der Waals surface area contributed by atoms with Crippen LogP contribution in [0, 0.1) is 5.92 Å². The smallest absolute Gasteiger partial charge is 0.225 e. The van der Waals surface area contributed by atoms with Crippen LogP contribution in [0.25, 0.3) is 0 Å². The van der Waals surface area contributed by atoms with Crippen molar-refractivity contribution in [2.75, 3.05) is 46.3 Å². The number of hydrogen-bond donors (Lipinski definition) is 0. The van der Waals surface area contributed by atoms with Crippen LogP contribution in [0.1, 0.15) is 33.6 Å². The summed E-state index contributed by atoms with van der Waals surface area (Å²) >= 11 is 0. The predicted octanol–water partition coefficient (Wildman–Crippen LogP) is 1.27. The highest BCUT2D eigenvalue weighted by atomic mass is 16.2. The van der Waals surface area contributed by atoms with Crippen molar-refractivity contribution in [2.45, 2.75) is 39.2 Å². The summed E-state index contributed by atoms with van der Waals surface area (Å²) in [5, 5.41) is 0. The number of carbonyl (C=O) groups excluding carboxylic acids is 1. The zero-order valence-corrected chi connectivity index (χ0v) is 13.0. The van der Waals surface area contributed by atoms with Crippen molar-refractivity contribution in [3.63, 3.8) is 0 Å². The lowest BCUT2D eigenvalue weighted by Crippen LogP contribution is -2.52. The van der Waals surface area contributed by atoms with E-state index in [0.717, 1.165) is 52.1 Å². The van der Waals surface area contributed by atoms with Crippen molar-refractivity contribution < 1.29 is 4.79 Å². The molecule has 2 fully saturated rings. The second-order valence-corrected chi connectivity index (χ2v) is 7.06. The van der Waals surface area contributed by atoms with Crippen molar-refractivity contribution >= 4 is 5.91 Å². The van der Waals surface area contributed by atoms with E-state index in [1.165, 1.54) is 0 Å². The summed E-state index contributed by atoms with van der Waals surface area (Å²) in [5.41, 5.74) is 0.238. The van der Waals surface area contributed by atoms with Crippen molar-refractivity contribution in [2.24, 2.45) is 5.92 Å². The number of piperazine rings is 1. The van der Waals surface area contributed by atoms with E-state index in [2.05, 4.69) is 42.5 Å². The summed E-state index contributed by atoms with van der Waals surface area (Å²) in [6.45, 7) is 12.8. The number of likely N-dealkylation sites (N-methyl/N-ethyl adjacent to an activating group) is 1. The third-order valence-electron chi connectivity index (χ3n) is 4.61. The van der Waals surface area contributed by atoms with Gasteiger partial charge < -0.3 is 9.80 Å². The van der Waals surface area contributed by atoms with Crippen molar-refractivity contribution in [1.29, 1.82) is 0 Å². The molecule has 0 aliphatic carbocycles. The van der Waals surface area contributed by atoms with Gasteiger partial charge in [0.2, 0.25) is 5.91 Å². The topological polar surface area (TPSA) is 26.8 Å². The molecule has 0 radical (unpaired) electrons. The normalized spacial score (nSPS) is 24.7. The molecule has 0 unspecified atom stereocenters. The van der Waals surface area contributed by atoms with Crippen LogP contribution in [0.2, 0.25) is 0 Å². The fraction of sp³-hybridized carbons (Fsp3) is 0.933. The van der Waals surface area contributed by atoms with Crippen LogP contribution in [0.4, 0.5) is 0 Å². The van der Waals surface area contributed by atoms with E-state index in [-0.39, 0.29) is 11.5 Å². The van der Waals surface area contributed by atoms with Gasteiger partial charge in [0.1, 0.15) is 0 Å². The lowest BCUT2D eigenvalue weighted by molar-refractivity contribution is -0.139. The van der Waals surface area contributed by atoms with Gasteiger partial charge in [-0.3, -0.25) is 9.69 Å². The Hall–Kier alpha value is -0.610. The molecule has 2 rings (SSSR count). The second kappa shape index (κ2) is 5.80. The zero-order valence-electron chi connectivity index (χ0n) is 13.0. The highest BCUT2D eigenvalue weighted by Gasteiger charge is 2.32. The quantitative estimate of drug-likeness (QED) is 0.716. The zero-order chi connectivity index (χ0) is 14.0. The number of amides is 1. The van der Waals surface area contributed by atoms with E-state index < -0.39 is 0 Å². The molecule has 0 aromatic heterocycles. The maximum atomic E-state index is 12.5. The Kier molecular flexibility index (Phi) is 4.51. The van der Waals surface area contributed by atoms with E-state index in [9.17, 15) is 4.79 Å². The largest absolute Gasteiger partial charge is 0.340 e. The molecule has 0 aromatic carbocycles. The molecule has 0 spiro atoms. The lowest BCUT2D eigenvalue weighted by atomic mass is 9.92. The van der Waals surface area contributed by atoms with Crippen LogP contribution >= 0.6 is 0 Å². The summed E-state index contributed by atoms with van der Waals surface area (Å²) in [6, 6.07) is 0. The van der Waals surface area contributed by atoms with E-state index in [1.54, 1.807) is 0 Å². The van der Waals surface area contributed by atoms with Gasteiger partial charge in [0.25, 0.3) is 0 Å². The Morgan fingerprint density at radius 1 is 0.947 bits per heavy atom. The molecule has 2 heterocycles. The van der Waals surface area contributed by atoms with Gasteiger partial charge in [0, 0.05) is 37.6 Å². The monoisotopic (exact) mass is 267 g/mol. The summed E-state index contributed by atoms with van der Waals surface area (Å²) in [4.78, 5) is 19.4. The Balaban J connectivity index is 1.82. The van der Waals surface area contributed by atoms with Gasteiger partial charge in [0.05, 0.1) is 0 Å². The van der Waals surface area contributed by atoms with Crippen molar-refractivity contribution in [3.05, 3.63) is 0 Å². The Morgan fingerprint density at radius 2 is 1.47 bits per heavy atom. The lowest BCUT2D eigenvalue weighted by Gasteiger charge is -2.42. The predicted molar refractivity (Wildman–Crippen MR) is 78.1 cm³/mol. The SMILES string of the molecule is CN1CCN(C(=O)C2CCN(C(C)(C)C)CC2)CC1. The number of carbonyl (C=O) groups is 1. The summed E-state index contributed by atoms with van der Waals surface area (Å²) in [7, 11) is 2.13. The molecule has 4 heteroatoms. The van der Waals surface area contributed by atoms with Gasteiger partial charge in [-0.15, -0.1) is 0 Å². The second-order valence-electron chi connectivity index (χ2n) is 7.06. The fourth-order valence-corrected chi connectivity index (χ4v) is 3.08. The Morgan fingerprint density at radius 3 is 1.95 bits per heavy atom. The molecule has 1 amide bonds. The number of nitrogens with zero attached hydrogens (tertiary/aromatic N) is 3. The van der Waals surface area contributed by atoms with Gasteiger partial charge in [-0.2, -0.15) is 0 Å². The third-order valence-corrected chi connectivity index (χ3v) is 4.61. The highest BCUT2D eigenvalue weighted by molar-refractivity contribution is 5.79. The first-order valence-electron chi connectivity index (χ1n) is 7.60. The molecule has 0 atom stereocenters. The Bertz CT molecular complexity index is 308. The van der Waals surface area contributed by atoms with Crippen LogP contribution in [-0.2, 0) is 4.79 Å². The molecular weight excluding hydrogens is 238 g/mol. The molecule has 0 saturated carbocycles. The van der Waals surface area contributed by atoms with Crippen LogP contribution in [0.5, 0.6) is 0 Å². The molecule has 0 aromatic rings. The fourth-order valence-electron chi connectivity index (χ4n) is 3.08. The summed E-state index contributed by atoms with van der Waals surface area (Å²) < 4.78 is 0. The maximum Gasteiger partial charge on any atom is 0.225 e. The van der Waals surface area contributed by atoms with E-state index >= 15 is 0 Å². The third kappa shape index (κ3) is 3.69. The van der Waals surface area contributed by atoms with Crippen molar-refractivity contribution in [1.82, 2.24) is 14.7 Å². The van der Waals surface area contributed by atoms with Gasteiger partial charge >= 0.3 is 0 Å². The van der Waals surface area contributed by atoms with Gasteiger partial charge in [0.15, 0.2) is 0 Å². The molecule has 110 valence electrons. The van der Waals surface area contributed by atoms with Crippen molar-refractivity contribution in [3.8, 4) is 0 Å². The van der Waals surface area contributed by atoms with E-state index in [0.29, 0.717) is 5.91 Å². The number of hydrogen-bond acceptors (Lipinski definition) is 3. The minimum absolute atomic E-state index is 0.238. The van der Waals surface area contributed by atoms with E-state index in [1.807, 2.05) is 0 Å². The molecule has 2 aliphatic rings. The maximum absolute atomic E-state index is 12.5. The summed E-state index contributed by atoms with van der Waals surface area (Å²) in [5.74, 6) is 0.670.